The second-order valence-corrected chi connectivity index (χ2v) is 5.11. The van der Waals surface area contributed by atoms with Crippen LogP contribution in [0.4, 0.5) is 0 Å². The fourth-order valence-corrected chi connectivity index (χ4v) is 2.93. The number of ether oxygens (including phenoxy) is 1. The van der Waals surface area contributed by atoms with Gasteiger partial charge in [-0.05, 0) is 13.8 Å². The smallest absolute Gasteiger partial charge is 0.305 e. The zero-order valence-electron chi connectivity index (χ0n) is 10.2. The van der Waals surface area contributed by atoms with Gasteiger partial charge in [0.2, 0.25) is 0 Å². The second kappa shape index (κ2) is 6.86. The summed E-state index contributed by atoms with van der Waals surface area (Å²) >= 11 is 1.69. The Kier molecular flexibility index (Phi) is 5.77. The van der Waals surface area contributed by atoms with Crippen LogP contribution >= 0.6 is 11.8 Å². The molecule has 17 heavy (non-hydrogen) atoms. The maximum atomic E-state index is 12.1. The molecule has 0 aromatic carbocycles. The number of nitrogens with zero attached hydrogens (tertiary/aromatic N) is 1. The first kappa shape index (κ1) is 14.3. The third kappa shape index (κ3) is 4.20. The van der Waals surface area contributed by atoms with E-state index in [9.17, 15) is 9.59 Å². The van der Waals surface area contributed by atoms with Crippen molar-refractivity contribution in [1.82, 2.24) is 4.90 Å². The van der Waals surface area contributed by atoms with Gasteiger partial charge in [-0.25, -0.2) is 0 Å². The molecule has 1 fully saturated rings. The van der Waals surface area contributed by atoms with E-state index in [1.54, 1.807) is 23.6 Å². The van der Waals surface area contributed by atoms with E-state index in [1.165, 1.54) is 0 Å². The Hall–Kier alpha value is -0.750. The Morgan fingerprint density at radius 3 is 2.88 bits per heavy atom. The van der Waals surface area contributed by atoms with Crippen LogP contribution < -0.4 is 0 Å². The van der Waals surface area contributed by atoms with Crippen molar-refractivity contribution >= 4 is 23.6 Å². The van der Waals surface area contributed by atoms with E-state index < -0.39 is 12.1 Å². The van der Waals surface area contributed by atoms with Crippen LogP contribution in [0.1, 0.15) is 20.3 Å². The Labute approximate surface area is 105 Å². The summed E-state index contributed by atoms with van der Waals surface area (Å²) in [7, 11) is 0. The van der Waals surface area contributed by atoms with Crippen molar-refractivity contribution in [2.75, 3.05) is 24.7 Å². The topological polar surface area (TPSA) is 66.8 Å². The van der Waals surface area contributed by atoms with E-state index in [0.29, 0.717) is 18.9 Å². The SMILES string of the molecule is CCOC(C)C(=O)N1CCSCC1CC(=O)O. The average molecular weight is 261 g/mol. The first-order valence-electron chi connectivity index (χ1n) is 5.77. The van der Waals surface area contributed by atoms with Gasteiger partial charge in [0.25, 0.3) is 5.91 Å². The maximum Gasteiger partial charge on any atom is 0.305 e. The summed E-state index contributed by atoms with van der Waals surface area (Å²) in [6.07, 6.45) is -0.475. The molecule has 1 N–H and O–H groups in total. The van der Waals surface area contributed by atoms with Gasteiger partial charge in [0.15, 0.2) is 0 Å². The fourth-order valence-electron chi connectivity index (χ4n) is 1.87. The number of carbonyl (C=O) groups is 2. The van der Waals surface area contributed by atoms with Gasteiger partial charge in [-0.15, -0.1) is 0 Å². The van der Waals surface area contributed by atoms with E-state index in [0.717, 1.165) is 5.75 Å². The lowest BCUT2D eigenvalue weighted by Crippen LogP contribution is -2.50. The van der Waals surface area contributed by atoms with E-state index in [-0.39, 0.29) is 18.4 Å². The summed E-state index contributed by atoms with van der Waals surface area (Å²) in [5.74, 6) is 0.593. The number of rotatable bonds is 5. The van der Waals surface area contributed by atoms with Gasteiger partial charge in [-0.3, -0.25) is 9.59 Å². The van der Waals surface area contributed by atoms with Crippen molar-refractivity contribution < 1.29 is 19.4 Å². The number of hydrogen-bond donors (Lipinski definition) is 1. The highest BCUT2D eigenvalue weighted by atomic mass is 32.2. The minimum Gasteiger partial charge on any atom is -0.481 e. The quantitative estimate of drug-likeness (QED) is 0.794. The van der Waals surface area contributed by atoms with Crippen LogP contribution in [0.2, 0.25) is 0 Å². The lowest BCUT2D eigenvalue weighted by molar-refractivity contribution is -0.146. The van der Waals surface area contributed by atoms with Gasteiger partial charge in [0.05, 0.1) is 12.5 Å². The normalized spacial score (nSPS) is 22.2. The summed E-state index contributed by atoms with van der Waals surface area (Å²) in [4.78, 5) is 24.5. The van der Waals surface area contributed by atoms with E-state index in [1.807, 2.05) is 6.92 Å². The van der Waals surface area contributed by atoms with Crippen LogP contribution in [0.5, 0.6) is 0 Å². The van der Waals surface area contributed by atoms with Gasteiger partial charge in [0, 0.05) is 24.7 Å². The lowest BCUT2D eigenvalue weighted by Gasteiger charge is -2.36. The molecule has 98 valence electrons. The molecule has 0 spiro atoms. The predicted molar refractivity (Wildman–Crippen MR) is 66.2 cm³/mol. The highest BCUT2D eigenvalue weighted by Gasteiger charge is 2.31. The van der Waals surface area contributed by atoms with Gasteiger partial charge in [0.1, 0.15) is 6.10 Å². The molecule has 1 rings (SSSR count). The first-order valence-corrected chi connectivity index (χ1v) is 6.93. The van der Waals surface area contributed by atoms with Crippen molar-refractivity contribution in [1.29, 1.82) is 0 Å². The Morgan fingerprint density at radius 1 is 1.59 bits per heavy atom. The van der Waals surface area contributed by atoms with Crippen molar-refractivity contribution in [2.45, 2.75) is 32.4 Å². The number of carbonyl (C=O) groups excluding carboxylic acids is 1. The Balaban J connectivity index is 2.63. The molecule has 0 radical (unpaired) electrons. The average Bonchev–Trinajstić information content (AvgIpc) is 2.28. The van der Waals surface area contributed by atoms with Gasteiger partial charge in [-0.1, -0.05) is 0 Å². The van der Waals surface area contributed by atoms with Crippen molar-refractivity contribution in [3.63, 3.8) is 0 Å². The molecule has 5 nitrogen and oxygen atoms in total. The molecule has 2 unspecified atom stereocenters. The molecule has 1 heterocycles. The number of carboxylic acids is 1. The summed E-state index contributed by atoms with van der Waals surface area (Å²) in [6, 6.07) is -0.207. The molecule has 1 aliphatic heterocycles. The van der Waals surface area contributed by atoms with E-state index in [4.69, 9.17) is 9.84 Å². The second-order valence-electron chi connectivity index (χ2n) is 3.96. The van der Waals surface area contributed by atoms with Crippen LogP contribution in [0.15, 0.2) is 0 Å². The molecule has 0 saturated carbocycles. The van der Waals surface area contributed by atoms with E-state index >= 15 is 0 Å². The number of amides is 1. The molecule has 0 aromatic rings. The zero-order valence-corrected chi connectivity index (χ0v) is 11.0. The highest BCUT2D eigenvalue weighted by Crippen LogP contribution is 2.20. The maximum absolute atomic E-state index is 12.1. The van der Waals surface area contributed by atoms with Crippen LogP contribution in [0.3, 0.4) is 0 Å². The number of thioether (sulfide) groups is 1. The summed E-state index contributed by atoms with van der Waals surface area (Å²) in [6.45, 7) is 4.65. The Bertz CT molecular complexity index is 285. The number of carboxylic acid groups (broad SMARTS) is 1. The molecule has 1 saturated heterocycles. The molecular formula is C11H19NO4S. The van der Waals surface area contributed by atoms with Gasteiger partial charge >= 0.3 is 5.97 Å². The van der Waals surface area contributed by atoms with Crippen LogP contribution in [0.25, 0.3) is 0 Å². The summed E-state index contributed by atoms with van der Waals surface area (Å²) in [5.41, 5.74) is 0. The fraction of sp³-hybridized carbons (Fsp3) is 0.818. The van der Waals surface area contributed by atoms with Crippen molar-refractivity contribution in [3.8, 4) is 0 Å². The zero-order chi connectivity index (χ0) is 12.8. The lowest BCUT2D eigenvalue weighted by atomic mass is 10.1. The summed E-state index contributed by atoms with van der Waals surface area (Å²) in [5, 5.41) is 8.83. The minimum atomic E-state index is -0.862. The van der Waals surface area contributed by atoms with Crippen LogP contribution in [0, 0.1) is 0 Å². The molecule has 0 aliphatic carbocycles. The molecule has 1 aliphatic rings. The Morgan fingerprint density at radius 2 is 2.29 bits per heavy atom. The third-order valence-electron chi connectivity index (χ3n) is 2.69. The summed E-state index contributed by atoms with van der Waals surface area (Å²) < 4.78 is 5.26. The van der Waals surface area contributed by atoms with Gasteiger partial charge < -0.3 is 14.7 Å². The predicted octanol–water partition coefficient (Wildman–Crippen LogP) is 0.830. The van der Waals surface area contributed by atoms with Gasteiger partial charge in [-0.2, -0.15) is 11.8 Å². The van der Waals surface area contributed by atoms with E-state index in [2.05, 4.69) is 0 Å². The molecular weight excluding hydrogens is 242 g/mol. The molecule has 0 bridgehead atoms. The monoisotopic (exact) mass is 261 g/mol. The molecule has 2 atom stereocenters. The van der Waals surface area contributed by atoms with Crippen LogP contribution in [-0.2, 0) is 14.3 Å². The first-order chi connectivity index (χ1) is 8.06. The number of aliphatic carboxylic acids is 1. The minimum absolute atomic E-state index is 0.0115. The molecule has 1 amide bonds. The number of hydrogen-bond acceptors (Lipinski definition) is 4. The highest BCUT2D eigenvalue weighted by molar-refractivity contribution is 7.99. The molecule has 6 heteroatoms. The molecule has 0 aromatic heterocycles. The van der Waals surface area contributed by atoms with Crippen molar-refractivity contribution in [3.05, 3.63) is 0 Å². The van der Waals surface area contributed by atoms with Crippen LogP contribution in [-0.4, -0.2) is 58.7 Å². The largest absolute Gasteiger partial charge is 0.481 e. The standard InChI is InChI=1S/C11H19NO4S/c1-3-16-8(2)11(15)12-4-5-17-7-9(12)6-10(13)14/h8-9H,3-7H2,1-2H3,(H,13,14). The third-order valence-corrected chi connectivity index (χ3v) is 3.78. The van der Waals surface area contributed by atoms with Crippen molar-refractivity contribution in [2.24, 2.45) is 0 Å².